The maximum atomic E-state index is 12.3. The zero-order valence-corrected chi connectivity index (χ0v) is 11.7. The van der Waals surface area contributed by atoms with Crippen LogP contribution in [0.2, 0.25) is 0 Å². The molecule has 0 bridgehead atoms. The van der Waals surface area contributed by atoms with Crippen molar-refractivity contribution in [3.8, 4) is 11.5 Å². The standard InChI is InChI=1S/C16H18N2O3/c1-21-15-8-7-12(9-14(15)19)18-16(20)13(10-17)11-5-3-2-4-6-11/h2-9,13,19H,10,17H2,1H3,(H,18,20). The fourth-order valence-electron chi connectivity index (χ4n) is 2.08. The maximum Gasteiger partial charge on any atom is 0.233 e. The second-order valence-corrected chi connectivity index (χ2v) is 4.57. The van der Waals surface area contributed by atoms with Crippen LogP contribution in [0, 0.1) is 0 Å². The number of carbonyl (C=O) groups excluding carboxylic acids is 1. The van der Waals surface area contributed by atoms with Crippen molar-refractivity contribution in [3.63, 3.8) is 0 Å². The summed E-state index contributed by atoms with van der Waals surface area (Å²) >= 11 is 0. The van der Waals surface area contributed by atoms with Crippen molar-refractivity contribution in [1.82, 2.24) is 0 Å². The van der Waals surface area contributed by atoms with Gasteiger partial charge in [0.1, 0.15) is 0 Å². The van der Waals surface area contributed by atoms with E-state index in [4.69, 9.17) is 10.5 Å². The van der Waals surface area contributed by atoms with Crippen LogP contribution in [0.15, 0.2) is 48.5 Å². The Kier molecular flexibility index (Phi) is 4.79. The van der Waals surface area contributed by atoms with Crippen molar-refractivity contribution in [3.05, 3.63) is 54.1 Å². The number of phenolic OH excluding ortho intramolecular Hbond substituents is 1. The highest BCUT2D eigenvalue weighted by Crippen LogP contribution is 2.29. The average Bonchev–Trinajstić information content (AvgIpc) is 2.49. The third-order valence-corrected chi connectivity index (χ3v) is 3.20. The number of anilines is 1. The van der Waals surface area contributed by atoms with Gasteiger partial charge in [-0.1, -0.05) is 30.3 Å². The molecule has 0 saturated heterocycles. The minimum absolute atomic E-state index is 0.0284. The Morgan fingerprint density at radius 2 is 2.00 bits per heavy atom. The van der Waals surface area contributed by atoms with Crippen molar-refractivity contribution in [2.45, 2.75) is 5.92 Å². The third-order valence-electron chi connectivity index (χ3n) is 3.20. The van der Waals surface area contributed by atoms with Gasteiger partial charge < -0.3 is 20.9 Å². The van der Waals surface area contributed by atoms with Gasteiger partial charge >= 0.3 is 0 Å². The molecular weight excluding hydrogens is 268 g/mol. The lowest BCUT2D eigenvalue weighted by atomic mass is 9.98. The number of hydrogen-bond acceptors (Lipinski definition) is 4. The van der Waals surface area contributed by atoms with Crippen LogP contribution < -0.4 is 15.8 Å². The summed E-state index contributed by atoms with van der Waals surface area (Å²) in [4.78, 5) is 12.3. The molecule has 0 aliphatic heterocycles. The minimum atomic E-state index is -0.435. The van der Waals surface area contributed by atoms with Gasteiger partial charge in [-0.2, -0.15) is 0 Å². The second-order valence-electron chi connectivity index (χ2n) is 4.57. The van der Waals surface area contributed by atoms with Crippen molar-refractivity contribution >= 4 is 11.6 Å². The molecule has 0 radical (unpaired) electrons. The molecule has 4 N–H and O–H groups in total. The molecule has 2 rings (SSSR count). The lowest BCUT2D eigenvalue weighted by Gasteiger charge is -2.15. The SMILES string of the molecule is COc1ccc(NC(=O)C(CN)c2ccccc2)cc1O. The van der Waals surface area contributed by atoms with Crippen molar-refractivity contribution in [2.75, 3.05) is 19.0 Å². The van der Waals surface area contributed by atoms with Crippen molar-refractivity contribution in [1.29, 1.82) is 0 Å². The number of benzene rings is 2. The van der Waals surface area contributed by atoms with Crippen LogP contribution >= 0.6 is 0 Å². The van der Waals surface area contributed by atoms with Gasteiger partial charge in [0.2, 0.25) is 5.91 Å². The summed E-state index contributed by atoms with van der Waals surface area (Å²) < 4.78 is 4.96. The molecule has 110 valence electrons. The molecule has 0 aromatic heterocycles. The van der Waals surface area contributed by atoms with E-state index in [1.807, 2.05) is 30.3 Å². The topological polar surface area (TPSA) is 84.6 Å². The van der Waals surface area contributed by atoms with E-state index in [9.17, 15) is 9.90 Å². The van der Waals surface area contributed by atoms with E-state index in [1.165, 1.54) is 13.2 Å². The predicted octanol–water partition coefficient (Wildman–Crippen LogP) is 2.08. The van der Waals surface area contributed by atoms with E-state index in [0.717, 1.165) is 5.56 Å². The largest absolute Gasteiger partial charge is 0.504 e. The first-order valence-corrected chi connectivity index (χ1v) is 6.58. The van der Waals surface area contributed by atoms with Crippen LogP contribution in [0.1, 0.15) is 11.5 Å². The van der Waals surface area contributed by atoms with Gasteiger partial charge in [-0.15, -0.1) is 0 Å². The molecule has 2 aromatic rings. The molecule has 1 atom stereocenters. The molecule has 0 aliphatic carbocycles. The molecule has 0 fully saturated rings. The number of aromatic hydroxyl groups is 1. The molecule has 21 heavy (non-hydrogen) atoms. The van der Waals surface area contributed by atoms with E-state index < -0.39 is 5.92 Å². The molecule has 0 saturated carbocycles. The molecule has 0 spiro atoms. The number of ether oxygens (including phenoxy) is 1. The molecule has 1 amide bonds. The Bertz CT molecular complexity index is 614. The lowest BCUT2D eigenvalue weighted by Crippen LogP contribution is -2.27. The first-order valence-electron chi connectivity index (χ1n) is 6.58. The van der Waals surface area contributed by atoms with Gasteiger partial charge in [-0.25, -0.2) is 0 Å². The Labute approximate surface area is 123 Å². The number of nitrogens with one attached hydrogen (secondary N) is 1. The predicted molar refractivity (Wildman–Crippen MR) is 81.5 cm³/mol. The number of amides is 1. The zero-order chi connectivity index (χ0) is 15.2. The number of phenols is 1. The quantitative estimate of drug-likeness (QED) is 0.785. The number of hydrogen-bond donors (Lipinski definition) is 3. The highest BCUT2D eigenvalue weighted by atomic mass is 16.5. The van der Waals surface area contributed by atoms with Crippen molar-refractivity contribution in [2.24, 2.45) is 5.73 Å². The highest BCUT2D eigenvalue weighted by Gasteiger charge is 2.19. The van der Waals surface area contributed by atoms with Gasteiger partial charge in [0.05, 0.1) is 13.0 Å². The zero-order valence-electron chi connectivity index (χ0n) is 11.7. The smallest absolute Gasteiger partial charge is 0.233 e. The van der Waals surface area contributed by atoms with Gasteiger partial charge in [0.25, 0.3) is 0 Å². The molecule has 0 aliphatic rings. The summed E-state index contributed by atoms with van der Waals surface area (Å²) in [5.41, 5.74) is 7.05. The number of nitrogens with two attached hydrogens (primary N) is 1. The van der Waals surface area contributed by atoms with Crippen LogP contribution in [0.5, 0.6) is 11.5 Å². The van der Waals surface area contributed by atoms with E-state index in [0.29, 0.717) is 11.4 Å². The van der Waals surface area contributed by atoms with E-state index in [1.54, 1.807) is 12.1 Å². The highest BCUT2D eigenvalue weighted by molar-refractivity contribution is 5.96. The van der Waals surface area contributed by atoms with Gasteiger partial charge in [0, 0.05) is 18.3 Å². The number of rotatable bonds is 5. The Morgan fingerprint density at radius 1 is 1.29 bits per heavy atom. The Balaban J connectivity index is 2.15. The summed E-state index contributed by atoms with van der Waals surface area (Å²) in [6.07, 6.45) is 0. The van der Waals surface area contributed by atoms with Crippen LogP contribution in [0.25, 0.3) is 0 Å². The molecule has 5 heteroatoms. The van der Waals surface area contributed by atoms with Gasteiger partial charge in [0.15, 0.2) is 11.5 Å². The number of methoxy groups -OCH3 is 1. The van der Waals surface area contributed by atoms with Crippen LogP contribution in [0.4, 0.5) is 5.69 Å². The Hall–Kier alpha value is -2.53. The normalized spacial score (nSPS) is 11.7. The molecule has 1 unspecified atom stereocenters. The average molecular weight is 286 g/mol. The summed E-state index contributed by atoms with van der Waals surface area (Å²) in [6, 6.07) is 14.0. The van der Waals surface area contributed by atoms with E-state index in [-0.39, 0.29) is 18.2 Å². The molecular formula is C16H18N2O3. The lowest BCUT2D eigenvalue weighted by molar-refractivity contribution is -0.117. The van der Waals surface area contributed by atoms with Crippen LogP contribution in [-0.4, -0.2) is 24.7 Å². The van der Waals surface area contributed by atoms with Gasteiger partial charge in [-0.05, 0) is 17.7 Å². The fraction of sp³-hybridized carbons (Fsp3) is 0.188. The fourth-order valence-corrected chi connectivity index (χ4v) is 2.08. The van der Waals surface area contributed by atoms with Crippen LogP contribution in [-0.2, 0) is 4.79 Å². The molecule has 5 nitrogen and oxygen atoms in total. The first-order chi connectivity index (χ1) is 10.2. The summed E-state index contributed by atoms with van der Waals surface area (Å²) in [5.74, 6) is -0.325. The summed E-state index contributed by atoms with van der Waals surface area (Å²) in [5, 5.41) is 12.5. The van der Waals surface area contributed by atoms with E-state index in [2.05, 4.69) is 5.32 Å². The van der Waals surface area contributed by atoms with E-state index >= 15 is 0 Å². The van der Waals surface area contributed by atoms with Crippen LogP contribution in [0.3, 0.4) is 0 Å². The first kappa shape index (κ1) is 14.9. The second kappa shape index (κ2) is 6.76. The molecule has 0 heterocycles. The van der Waals surface area contributed by atoms with Crippen molar-refractivity contribution < 1.29 is 14.6 Å². The monoisotopic (exact) mass is 286 g/mol. The van der Waals surface area contributed by atoms with Gasteiger partial charge in [-0.3, -0.25) is 4.79 Å². The minimum Gasteiger partial charge on any atom is -0.504 e. The maximum absolute atomic E-state index is 12.3. The molecule has 2 aromatic carbocycles. The summed E-state index contributed by atoms with van der Waals surface area (Å²) in [7, 11) is 1.47. The Morgan fingerprint density at radius 3 is 2.57 bits per heavy atom. The third kappa shape index (κ3) is 3.52. The number of carbonyl (C=O) groups is 1. The summed E-state index contributed by atoms with van der Waals surface area (Å²) in [6.45, 7) is 0.206.